The number of rotatable bonds is 2. The molecule has 0 aromatic heterocycles. The maximum atomic E-state index is 9.02. The topological polar surface area (TPSA) is 29.4 Å². The molecule has 0 saturated heterocycles. The summed E-state index contributed by atoms with van der Waals surface area (Å²) in [5.74, 6) is 0. The first kappa shape index (κ1) is 5.04. The summed E-state index contributed by atoms with van der Waals surface area (Å²) in [6, 6.07) is 0. The molecule has 0 bridgehead atoms. The molecule has 0 aliphatic rings. The fraction of sp³-hybridized carbons (Fsp3) is 0. The summed E-state index contributed by atoms with van der Waals surface area (Å²) < 4.78 is 3.56. The predicted octanol–water partition coefficient (Wildman–Crippen LogP) is 1.36. The number of hydrogen-bond donors (Lipinski definition) is 0. The molecule has 0 aromatic rings. The zero-order valence-electron chi connectivity index (χ0n) is 2.25. The van der Waals surface area contributed by atoms with E-state index in [2.05, 4.69) is 16.8 Å². The molecular weight excluding hydrogens is 106 g/mol. The molecule has 0 fully saturated rings. The smallest absolute Gasteiger partial charge is 0.0608 e. The van der Waals surface area contributed by atoms with Crippen LogP contribution >= 0.6 is 24.2 Å². The fourth-order valence-corrected chi connectivity index (χ4v) is 0.158. The molecule has 0 atom stereocenters. The van der Waals surface area contributed by atoms with Crippen LogP contribution in [0.3, 0.4) is 0 Å². The molecule has 0 heterocycles. The third-order valence-electron chi connectivity index (χ3n) is 0.0861. The minimum absolute atomic E-state index is 0.722. The van der Waals surface area contributed by atoms with Crippen molar-refractivity contribution in [3.63, 3.8) is 0 Å². The molecule has 0 aliphatic carbocycles. The highest BCUT2D eigenvalue weighted by Gasteiger charge is 1.62. The van der Waals surface area contributed by atoms with Gasteiger partial charge in [-0.2, -0.15) is 0 Å². The molecule has 0 rings (SSSR count). The fourth-order valence-electron chi connectivity index (χ4n) is 0.0176. The second-order valence-electron chi connectivity index (χ2n) is 0.276. The van der Waals surface area contributed by atoms with Crippen molar-refractivity contribution in [3.8, 4) is 0 Å². The zero-order valence-corrected chi connectivity index (χ0v) is 3.88. The van der Waals surface area contributed by atoms with Crippen LogP contribution in [0.25, 0.3) is 0 Å². The maximum Gasteiger partial charge on any atom is 0.0608 e. The summed E-state index contributed by atoms with van der Waals surface area (Å²) in [6.07, 6.45) is 0. The Hall–Kier alpha value is 0.0400. The number of thiocarbonyl (C=S) groups is 1. The molecule has 0 amide bonds. The van der Waals surface area contributed by atoms with E-state index in [0.29, 0.717) is 0 Å². The minimum atomic E-state index is 0.722. The summed E-state index contributed by atoms with van der Waals surface area (Å²) in [6.45, 7) is 0. The van der Waals surface area contributed by atoms with Gasteiger partial charge in [0.15, 0.2) is 0 Å². The van der Waals surface area contributed by atoms with E-state index in [9.17, 15) is 0 Å². The molecule has 0 radical (unpaired) electrons. The first-order chi connectivity index (χ1) is 2.41. The Kier molecular flexibility index (Phi) is 4.07. The third kappa shape index (κ3) is 4.04. The van der Waals surface area contributed by atoms with Crippen LogP contribution in [-0.4, -0.2) is 4.70 Å². The highest BCUT2D eigenvalue weighted by molar-refractivity contribution is 8.19. The Morgan fingerprint density at radius 1 is 2.00 bits per heavy atom. The van der Waals surface area contributed by atoms with Crippen LogP contribution < -0.4 is 0 Å². The minimum Gasteiger partial charge on any atom is -0.137 e. The summed E-state index contributed by atoms with van der Waals surface area (Å²) in [4.78, 5) is 9.02. The van der Waals surface area contributed by atoms with Crippen molar-refractivity contribution in [2.24, 2.45) is 4.58 Å². The van der Waals surface area contributed by atoms with Crippen molar-refractivity contribution in [1.82, 2.24) is 0 Å². The third-order valence-corrected chi connectivity index (χ3v) is 0.516. The second-order valence-corrected chi connectivity index (χ2v) is 1.41. The van der Waals surface area contributed by atoms with Gasteiger partial charge in [0.25, 0.3) is 0 Å². The van der Waals surface area contributed by atoms with Crippen LogP contribution in [0.4, 0.5) is 0 Å². The number of hydrogen-bond acceptors (Lipinski definition) is 4. The van der Waals surface area contributed by atoms with Gasteiger partial charge in [-0.1, -0.05) is 12.2 Å². The van der Waals surface area contributed by atoms with E-state index in [0.717, 1.165) is 11.9 Å². The predicted molar refractivity (Wildman–Crippen MR) is 27.0 cm³/mol. The van der Waals surface area contributed by atoms with Crippen molar-refractivity contribution < 1.29 is 0 Å². The second kappa shape index (κ2) is 4.04. The Morgan fingerprint density at radius 3 is 2.60 bits per heavy atom. The highest BCUT2D eigenvalue weighted by Crippen LogP contribution is 1.90. The SMILES string of the molecule is O=NSC=S. The van der Waals surface area contributed by atoms with Crippen LogP contribution in [0.15, 0.2) is 4.58 Å². The standard InChI is InChI=1S/CHNOS2/c3-2-5-1-4/h1H. The lowest BCUT2D eigenvalue weighted by Gasteiger charge is -1.55. The van der Waals surface area contributed by atoms with E-state index in [1.54, 1.807) is 0 Å². The van der Waals surface area contributed by atoms with E-state index in [1.807, 2.05) is 0 Å². The number of nitrogens with zero attached hydrogens (tertiary/aromatic N) is 1. The normalized spacial score (nSPS) is 6.40. The molecule has 0 N–H and O–H groups in total. The monoisotopic (exact) mass is 107 g/mol. The lowest BCUT2D eigenvalue weighted by Crippen LogP contribution is -1.37. The molecule has 2 nitrogen and oxygen atoms in total. The van der Waals surface area contributed by atoms with Crippen molar-refractivity contribution >= 4 is 28.9 Å². The molecular formula is CHNOS2. The lowest BCUT2D eigenvalue weighted by molar-refractivity contribution is 1.90. The molecule has 0 unspecified atom stereocenters. The average Bonchev–Trinajstić information content (AvgIpc) is 1.41. The molecule has 0 saturated carbocycles. The molecule has 5 heavy (non-hydrogen) atoms. The Bertz CT molecular complexity index is 38.9. The maximum absolute atomic E-state index is 9.02. The average molecular weight is 107 g/mol. The summed E-state index contributed by atoms with van der Waals surface area (Å²) in [7, 11) is 0. The van der Waals surface area contributed by atoms with E-state index in [4.69, 9.17) is 4.91 Å². The molecule has 0 aliphatic heterocycles. The van der Waals surface area contributed by atoms with Gasteiger partial charge in [-0.25, -0.2) is 0 Å². The molecule has 28 valence electrons. The van der Waals surface area contributed by atoms with Crippen LogP contribution in [-0.2, 0) is 0 Å². The van der Waals surface area contributed by atoms with Crippen molar-refractivity contribution in [3.05, 3.63) is 4.91 Å². The van der Waals surface area contributed by atoms with Gasteiger partial charge in [-0.3, -0.25) is 0 Å². The van der Waals surface area contributed by atoms with Crippen molar-refractivity contribution in [2.75, 3.05) is 0 Å². The van der Waals surface area contributed by atoms with Gasteiger partial charge in [0.2, 0.25) is 0 Å². The lowest BCUT2D eigenvalue weighted by atomic mass is 11.9. The van der Waals surface area contributed by atoms with Crippen LogP contribution in [0.2, 0.25) is 0 Å². The Morgan fingerprint density at radius 2 is 2.60 bits per heavy atom. The molecule has 0 spiro atoms. The van der Waals surface area contributed by atoms with E-state index in [1.165, 1.54) is 4.70 Å². The Balaban J connectivity index is 2.65. The van der Waals surface area contributed by atoms with Crippen LogP contribution in [0, 0.1) is 4.91 Å². The van der Waals surface area contributed by atoms with Gasteiger partial charge >= 0.3 is 0 Å². The van der Waals surface area contributed by atoms with E-state index >= 15 is 0 Å². The quantitative estimate of drug-likeness (QED) is 0.303. The summed E-state index contributed by atoms with van der Waals surface area (Å²) in [5.41, 5.74) is 0. The summed E-state index contributed by atoms with van der Waals surface area (Å²) in [5, 5.41) is 0. The first-order valence-corrected chi connectivity index (χ1v) is 2.14. The number of nitroso groups, excluding NO2 is 1. The van der Waals surface area contributed by atoms with Gasteiger partial charge in [0.1, 0.15) is 0 Å². The van der Waals surface area contributed by atoms with Gasteiger partial charge in [0.05, 0.1) is 16.6 Å². The Labute approximate surface area is 39.1 Å². The van der Waals surface area contributed by atoms with E-state index < -0.39 is 0 Å². The zero-order chi connectivity index (χ0) is 4.12. The summed E-state index contributed by atoms with van der Waals surface area (Å²) >= 11 is 4.92. The van der Waals surface area contributed by atoms with Crippen LogP contribution in [0.1, 0.15) is 0 Å². The highest BCUT2D eigenvalue weighted by atomic mass is 32.2. The van der Waals surface area contributed by atoms with Crippen LogP contribution in [0.5, 0.6) is 0 Å². The van der Waals surface area contributed by atoms with Gasteiger partial charge in [-0.15, -0.1) is 4.91 Å². The van der Waals surface area contributed by atoms with Gasteiger partial charge in [0, 0.05) is 4.58 Å². The first-order valence-electron chi connectivity index (χ1n) is 0.837. The molecule has 4 heteroatoms. The van der Waals surface area contributed by atoms with Gasteiger partial charge in [-0.05, 0) is 0 Å². The van der Waals surface area contributed by atoms with Gasteiger partial charge < -0.3 is 0 Å². The van der Waals surface area contributed by atoms with Crippen molar-refractivity contribution in [1.29, 1.82) is 0 Å². The molecule has 0 aromatic carbocycles. The van der Waals surface area contributed by atoms with E-state index in [-0.39, 0.29) is 0 Å². The largest absolute Gasteiger partial charge is 0.137 e. The van der Waals surface area contributed by atoms with Crippen molar-refractivity contribution in [2.45, 2.75) is 0 Å².